The third-order valence-electron chi connectivity index (χ3n) is 4.39. The number of aryl methyl sites for hydroxylation is 2. The molecule has 3 heterocycles. The van der Waals surface area contributed by atoms with E-state index in [0.717, 1.165) is 61.1 Å². The van der Waals surface area contributed by atoms with E-state index >= 15 is 0 Å². The molecule has 27 heavy (non-hydrogen) atoms. The lowest BCUT2D eigenvalue weighted by Gasteiger charge is -2.30. The fourth-order valence-electron chi connectivity index (χ4n) is 2.90. The molecule has 0 spiro atoms. The number of ether oxygens (including phenoxy) is 1. The summed E-state index contributed by atoms with van der Waals surface area (Å²) in [7, 11) is 0. The van der Waals surface area contributed by atoms with Crippen molar-refractivity contribution in [2.24, 2.45) is 0 Å². The standard InChI is InChI=1S/C17H26N2O2.C4H6N2/c1-5-6-7-14-13(2)18-16(12-15(14)17(3,4)20)19-8-10-21-11-9-19;1-4-2-3-5-6-4/h6-7,12,20H,5,8-11H2,1-4H3;2-3H,1H3,(H,5,6)/b7-6-;. The van der Waals surface area contributed by atoms with Gasteiger partial charge < -0.3 is 14.7 Å². The summed E-state index contributed by atoms with van der Waals surface area (Å²) in [5.74, 6) is 0.932. The van der Waals surface area contributed by atoms with E-state index < -0.39 is 5.60 Å². The quantitative estimate of drug-likeness (QED) is 0.858. The van der Waals surface area contributed by atoms with Crippen molar-refractivity contribution >= 4 is 11.9 Å². The Morgan fingerprint density at radius 3 is 2.48 bits per heavy atom. The summed E-state index contributed by atoms with van der Waals surface area (Å²) in [6.07, 6.45) is 6.87. The Hall–Kier alpha value is -2.18. The van der Waals surface area contributed by atoms with Crippen LogP contribution in [0.4, 0.5) is 5.82 Å². The van der Waals surface area contributed by atoms with Crippen molar-refractivity contribution in [1.82, 2.24) is 15.2 Å². The maximum atomic E-state index is 10.5. The van der Waals surface area contributed by atoms with Crippen molar-refractivity contribution in [3.8, 4) is 0 Å². The van der Waals surface area contributed by atoms with Gasteiger partial charge in [0.05, 0.1) is 18.8 Å². The van der Waals surface area contributed by atoms with Crippen LogP contribution < -0.4 is 4.90 Å². The van der Waals surface area contributed by atoms with Gasteiger partial charge in [0.25, 0.3) is 0 Å². The normalized spacial score (nSPS) is 15.0. The van der Waals surface area contributed by atoms with Crippen LogP contribution in [0.5, 0.6) is 0 Å². The Labute approximate surface area is 162 Å². The van der Waals surface area contributed by atoms with E-state index in [1.54, 1.807) is 6.20 Å². The second-order valence-corrected chi connectivity index (χ2v) is 7.24. The van der Waals surface area contributed by atoms with Crippen molar-refractivity contribution in [2.45, 2.75) is 46.6 Å². The van der Waals surface area contributed by atoms with Crippen LogP contribution in [0.2, 0.25) is 0 Å². The average Bonchev–Trinajstić information content (AvgIpc) is 3.11. The molecule has 0 radical (unpaired) electrons. The number of rotatable bonds is 4. The van der Waals surface area contributed by atoms with Crippen LogP contribution in [-0.2, 0) is 10.3 Å². The summed E-state index contributed by atoms with van der Waals surface area (Å²) < 4.78 is 5.40. The average molecular weight is 373 g/mol. The van der Waals surface area contributed by atoms with Gasteiger partial charge in [-0.3, -0.25) is 5.10 Å². The molecule has 1 saturated heterocycles. The van der Waals surface area contributed by atoms with Crippen LogP contribution in [0.15, 0.2) is 24.4 Å². The van der Waals surface area contributed by atoms with Gasteiger partial charge in [0.1, 0.15) is 5.82 Å². The van der Waals surface area contributed by atoms with Gasteiger partial charge in [0, 0.05) is 36.2 Å². The van der Waals surface area contributed by atoms with E-state index in [1.165, 1.54) is 0 Å². The molecule has 2 aromatic rings. The molecule has 0 amide bonds. The van der Waals surface area contributed by atoms with Crippen LogP contribution in [0.3, 0.4) is 0 Å². The van der Waals surface area contributed by atoms with Crippen LogP contribution >= 0.6 is 0 Å². The number of aromatic nitrogens is 3. The van der Waals surface area contributed by atoms with Gasteiger partial charge in [-0.15, -0.1) is 0 Å². The molecule has 0 atom stereocenters. The lowest BCUT2D eigenvalue weighted by atomic mass is 9.92. The SMILES string of the molecule is CC/C=C\c1c(C(C)(C)O)cc(N2CCOCC2)nc1C.Cc1ccn[nH]1. The zero-order chi connectivity index (χ0) is 19.9. The minimum atomic E-state index is -0.887. The smallest absolute Gasteiger partial charge is 0.129 e. The highest BCUT2D eigenvalue weighted by Crippen LogP contribution is 2.30. The summed E-state index contributed by atoms with van der Waals surface area (Å²) in [5, 5.41) is 17.0. The summed E-state index contributed by atoms with van der Waals surface area (Å²) in [6.45, 7) is 12.9. The monoisotopic (exact) mass is 372 g/mol. The second kappa shape index (κ2) is 9.67. The molecule has 1 aliphatic heterocycles. The number of hydrogen-bond donors (Lipinski definition) is 2. The molecule has 0 bridgehead atoms. The number of allylic oxidation sites excluding steroid dienone is 1. The highest BCUT2D eigenvalue weighted by atomic mass is 16.5. The lowest BCUT2D eigenvalue weighted by molar-refractivity contribution is 0.0782. The van der Waals surface area contributed by atoms with Gasteiger partial charge in [-0.05, 0) is 51.8 Å². The van der Waals surface area contributed by atoms with Crippen LogP contribution in [0.25, 0.3) is 6.08 Å². The Bertz CT molecular complexity index is 727. The molecule has 1 aliphatic rings. The van der Waals surface area contributed by atoms with E-state index in [9.17, 15) is 5.11 Å². The first-order valence-electron chi connectivity index (χ1n) is 9.52. The summed E-state index contributed by atoms with van der Waals surface area (Å²) >= 11 is 0. The molecule has 148 valence electrons. The second-order valence-electron chi connectivity index (χ2n) is 7.24. The molecule has 0 unspecified atom stereocenters. The first-order chi connectivity index (χ1) is 12.8. The minimum absolute atomic E-state index is 0.732. The highest BCUT2D eigenvalue weighted by molar-refractivity contribution is 5.61. The van der Waals surface area contributed by atoms with Crippen molar-refractivity contribution < 1.29 is 9.84 Å². The molecular weight excluding hydrogens is 340 g/mol. The first-order valence-corrected chi connectivity index (χ1v) is 9.52. The van der Waals surface area contributed by atoms with Crippen LogP contribution in [0, 0.1) is 13.8 Å². The van der Waals surface area contributed by atoms with Gasteiger partial charge >= 0.3 is 0 Å². The molecule has 6 nitrogen and oxygen atoms in total. The Morgan fingerprint density at radius 1 is 1.30 bits per heavy atom. The molecule has 1 fully saturated rings. The Kier molecular flexibility index (Phi) is 7.56. The number of nitrogens with one attached hydrogen (secondary N) is 1. The van der Waals surface area contributed by atoms with Crippen molar-refractivity contribution in [1.29, 1.82) is 0 Å². The summed E-state index contributed by atoms with van der Waals surface area (Å²) in [4.78, 5) is 6.95. The van der Waals surface area contributed by atoms with Crippen LogP contribution in [-0.4, -0.2) is 46.6 Å². The predicted octanol–water partition coefficient (Wildman–Crippen LogP) is 3.60. The number of morpholine rings is 1. The van der Waals surface area contributed by atoms with Crippen LogP contribution in [0.1, 0.15) is 49.7 Å². The Morgan fingerprint density at radius 2 is 2.00 bits per heavy atom. The van der Waals surface area contributed by atoms with E-state index in [0.29, 0.717) is 0 Å². The fourth-order valence-corrected chi connectivity index (χ4v) is 2.90. The number of nitrogens with zero attached hydrogens (tertiary/aromatic N) is 3. The van der Waals surface area contributed by atoms with Gasteiger partial charge in [-0.2, -0.15) is 5.10 Å². The summed E-state index contributed by atoms with van der Waals surface area (Å²) in [6, 6.07) is 3.94. The van der Waals surface area contributed by atoms with E-state index in [-0.39, 0.29) is 0 Å². The third-order valence-corrected chi connectivity index (χ3v) is 4.39. The number of pyridine rings is 1. The summed E-state index contributed by atoms with van der Waals surface area (Å²) in [5.41, 5.74) is 3.14. The molecule has 0 aliphatic carbocycles. The number of aromatic amines is 1. The van der Waals surface area contributed by atoms with Crippen molar-refractivity contribution in [3.63, 3.8) is 0 Å². The largest absolute Gasteiger partial charge is 0.386 e. The Balaban J connectivity index is 0.000000369. The highest BCUT2D eigenvalue weighted by Gasteiger charge is 2.24. The molecule has 2 N–H and O–H groups in total. The van der Waals surface area contributed by atoms with Gasteiger partial charge in [-0.1, -0.05) is 19.1 Å². The molecule has 6 heteroatoms. The molecular formula is C21H32N4O2. The maximum absolute atomic E-state index is 10.5. The molecule has 0 aromatic carbocycles. The van der Waals surface area contributed by atoms with Gasteiger partial charge in [0.2, 0.25) is 0 Å². The number of H-pyrrole nitrogens is 1. The number of hydrogen-bond acceptors (Lipinski definition) is 5. The number of anilines is 1. The van der Waals surface area contributed by atoms with E-state index in [2.05, 4.69) is 34.2 Å². The topological polar surface area (TPSA) is 74.3 Å². The molecule has 0 saturated carbocycles. The third kappa shape index (κ3) is 6.19. The van der Waals surface area contributed by atoms with Crippen molar-refractivity contribution in [2.75, 3.05) is 31.2 Å². The van der Waals surface area contributed by atoms with E-state index in [4.69, 9.17) is 9.72 Å². The maximum Gasteiger partial charge on any atom is 0.129 e. The fraction of sp³-hybridized carbons (Fsp3) is 0.524. The zero-order valence-corrected chi connectivity index (χ0v) is 17.1. The first kappa shape index (κ1) is 21.1. The zero-order valence-electron chi connectivity index (χ0n) is 17.1. The number of aliphatic hydroxyl groups is 1. The van der Waals surface area contributed by atoms with E-state index in [1.807, 2.05) is 39.8 Å². The van der Waals surface area contributed by atoms with Crippen molar-refractivity contribution in [3.05, 3.63) is 46.9 Å². The lowest BCUT2D eigenvalue weighted by Crippen LogP contribution is -2.37. The molecule has 3 rings (SSSR count). The van der Waals surface area contributed by atoms with Gasteiger partial charge in [0.15, 0.2) is 0 Å². The predicted molar refractivity (Wildman–Crippen MR) is 110 cm³/mol. The minimum Gasteiger partial charge on any atom is -0.386 e. The molecule has 2 aromatic heterocycles. The van der Waals surface area contributed by atoms with Gasteiger partial charge in [-0.25, -0.2) is 4.98 Å².